The predicted molar refractivity (Wildman–Crippen MR) is 140 cm³/mol. The standard InChI is InChI=1S/C31H18N4/c1-2-6-20-17(5-1)15-18-9-10-19-16-23-21(27(19)26(18)20)11-12-22-28(23)29-24(7-3-13-32-29)35-25-8-4-14-33-30(25)34-31(22)35/h1-14H,15-16H2. The third-order valence-corrected chi connectivity index (χ3v) is 7.93. The van der Waals surface area contributed by atoms with Gasteiger partial charge in [-0.1, -0.05) is 42.5 Å². The first-order valence-electron chi connectivity index (χ1n) is 12.1. The molecule has 0 N–H and O–H groups in total. The summed E-state index contributed by atoms with van der Waals surface area (Å²) in [4.78, 5) is 14.5. The van der Waals surface area contributed by atoms with Gasteiger partial charge in [0.25, 0.3) is 0 Å². The molecule has 4 aromatic heterocycles. The summed E-state index contributed by atoms with van der Waals surface area (Å²) in [6.45, 7) is 0. The van der Waals surface area contributed by atoms with Gasteiger partial charge in [0.1, 0.15) is 5.65 Å². The van der Waals surface area contributed by atoms with Crippen molar-refractivity contribution in [2.24, 2.45) is 0 Å². The van der Waals surface area contributed by atoms with Gasteiger partial charge in [0.15, 0.2) is 5.65 Å². The van der Waals surface area contributed by atoms with E-state index in [9.17, 15) is 0 Å². The van der Waals surface area contributed by atoms with Crippen LogP contribution in [0.4, 0.5) is 0 Å². The molecule has 3 aromatic carbocycles. The second-order valence-electron chi connectivity index (χ2n) is 9.65. The lowest BCUT2D eigenvalue weighted by molar-refractivity contribution is 1.24. The molecule has 35 heavy (non-hydrogen) atoms. The minimum atomic E-state index is 0.767. The molecule has 4 nitrogen and oxygen atoms in total. The number of hydrogen-bond donors (Lipinski definition) is 0. The molecule has 9 rings (SSSR count). The SMILES string of the molecule is c1ccc2c(c1)Cc1ccc3c(c1-2)-c1ccc2c(c1C3)c1ncccc1n1c3cccnc3nc21. The van der Waals surface area contributed by atoms with Crippen LogP contribution in [0.2, 0.25) is 0 Å². The molecule has 2 aliphatic carbocycles. The molecule has 0 bridgehead atoms. The molecule has 7 aromatic rings. The molecule has 0 unspecified atom stereocenters. The lowest BCUT2D eigenvalue weighted by Crippen LogP contribution is -1.96. The van der Waals surface area contributed by atoms with Crippen LogP contribution in [0.3, 0.4) is 0 Å². The average molecular weight is 447 g/mol. The van der Waals surface area contributed by atoms with Crippen molar-refractivity contribution in [2.75, 3.05) is 0 Å². The summed E-state index contributed by atoms with van der Waals surface area (Å²) in [6.07, 6.45) is 5.64. The van der Waals surface area contributed by atoms with Crippen molar-refractivity contribution in [3.8, 4) is 22.3 Å². The van der Waals surface area contributed by atoms with Crippen LogP contribution in [0.5, 0.6) is 0 Å². The Bertz CT molecular complexity index is 2070. The van der Waals surface area contributed by atoms with Crippen molar-refractivity contribution in [2.45, 2.75) is 12.8 Å². The summed E-state index contributed by atoms with van der Waals surface area (Å²) in [5, 5.41) is 2.36. The summed E-state index contributed by atoms with van der Waals surface area (Å²) < 4.78 is 2.22. The first kappa shape index (κ1) is 17.8. The summed E-state index contributed by atoms with van der Waals surface area (Å²) in [6, 6.07) is 26.3. The molecule has 4 heteroatoms. The maximum absolute atomic E-state index is 4.98. The second-order valence-corrected chi connectivity index (χ2v) is 9.65. The van der Waals surface area contributed by atoms with Gasteiger partial charge < -0.3 is 0 Å². The monoisotopic (exact) mass is 446 g/mol. The van der Waals surface area contributed by atoms with Crippen molar-refractivity contribution >= 4 is 38.6 Å². The van der Waals surface area contributed by atoms with E-state index < -0.39 is 0 Å². The fourth-order valence-corrected chi connectivity index (χ4v) is 6.54. The highest BCUT2D eigenvalue weighted by Gasteiger charge is 2.30. The van der Waals surface area contributed by atoms with Crippen molar-refractivity contribution in [3.63, 3.8) is 0 Å². The Kier molecular flexibility index (Phi) is 3.11. The fraction of sp³-hybridized carbons (Fsp3) is 0.0645. The summed E-state index contributed by atoms with van der Waals surface area (Å²) in [7, 11) is 0. The predicted octanol–water partition coefficient (Wildman–Crippen LogP) is 6.73. The molecule has 0 atom stereocenters. The Labute approximate surface area is 200 Å². The van der Waals surface area contributed by atoms with E-state index in [-0.39, 0.29) is 0 Å². The zero-order valence-corrected chi connectivity index (χ0v) is 18.8. The molecule has 162 valence electrons. The van der Waals surface area contributed by atoms with E-state index in [2.05, 4.69) is 70.0 Å². The first-order valence-corrected chi connectivity index (χ1v) is 12.1. The number of rotatable bonds is 0. The number of aromatic nitrogens is 4. The van der Waals surface area contributed by atoms with E-state index in [1.54, 1.807) is 0 Å². The maximum atomic E-state index is 4.98. The topological polar surface area (TPSA) is 43.1 Å². The summed E-state index contributed by atoms with van der Waals surface area (Å²) in [5.74, 6) is 0. The molecule has 4 heterocycles. The molecule has 0 amide bonds. The fourth-order valence-electron chi connectivity index (χ4n) is 6.54. The van der Waals surface area contributed by atoms with E-state index in [0.717, 1.165) is 46.1 Å². The van der Waals surface area contributed by atoms with Gasteiger partial charge >= 0.3 is 0 Å². The van der Waals surface area contributed by atoms with Gasteiger partial charge in [0.2, 0.25) is 0 Å². The average Bonchev–Trinajstić information content (AvgIpc) is 3.59. The Balaban J connectivity index is 1.45. The van der Waals surface area contributed by atoms with Crippen LogP contribution in [0.15, 0.2) is 85.2 Å². The first-order chi connectivity index (χ1) is 17.4. The number of pyridine rings is 3. The highest BCUT2D eigenvalue weighted by Crippen LogP contribution is 2.51. The van der Waals surface area contributed by atoms with Crippen molar-refractivity contribution < 1.29 is 0 Å². The Morgan fingerprint density at radius 2 is 1.43 bits per heavy atom. The van der Waals surface area contributed by atoms with Crippen LogP contribution in [0.1, 0.15) is 22.3 Å². The minimum Gasteiger partial charge on any atom is -0.288 e. The van der Waals surface area contributed by atoms with E-state index in [1.807, 2.05) is 24.5 Å². The molecule has 0 aliphatic heterocycles. The van der Waals surface area contributed by atoms with Crippen LogP contribution >= 0.6 is 0 Å². The summed E-state index contributed by atoms with van der Waals surface area (Å²) in [5.41, 5.74) is 16.0. The highest BCUT2D eigenvalue weighted by molar-refractivity contribution is 6.16. The number of benzene rings is 3. The van der Waals surface area contributed by atoms with Crippen molar-refractivity contribution in [3.05, 3.63) is 107 Å². The molecule has 0 spiro atoms. The second kappa shape index (κ2) is 6.10. The van der Waals surface area contributed by atoms with Crippen LogP contribution in [-0.2, 0) is 12.8 Å². The quantitative estimate of drug-likeness (QED) is 0.243. The molecule has 0 saturated carbocycles. The van der Waals surface area contributed by atoms with Crippen LogP contribution in [0, 0.1) is 0 Å². The number of imidazole rings is 1. The molecule has 0 fully saturated rings. The number of hydrogen-bond acceptors (Lipinski definition) is 3. The Morgan fingerprint density at radius 1 is 0.629 bits per heavy atom. The molecular formula is C31H18N4. The van der Waals surface area contributed by atoms with E-state index in [4.69, 9.17) is 9.97 Å². The lowest BCUT2D eigenvalue weighted by Gasteiger charge is -2.13. The number of fused-ring (bicyclic) bond motifs is 16. The minimum absolute atomic E-state index is 0.767. The molecule has 0 saturated heterocycles. The van der Waals surface area contributed by atoms with Crippen LogP contribution < -0.4 is 0 Å². The largest absolute Gasteiger partial charge is 0.288 e. The van der Waals surface area contributed by atoms with Crippen molar-refractivity contribution in [1.29, 1.82) is 0 Å². The lowest BCUT2D eigenvalue weighted by atomic mass is 9.93. The third-order valence-electron chi connectivity index (χ3n) is 7.93. The maximum Gasteiger partial charge on any atom is 0.178 e. The van der Waals surface area contributed by atoms with Gasteiger partial charge in [-0.2, -0.15) is 0 Å². The van der Waals surface area contributed by atoms with Crippen LogP contribution in [-0.4, -0.2) is 19.4 Å². The Morgan fingerprint density at radius 3 is 2.37 bits per heavy atom. The van der Waals surface area contributed by atoms with E-state index in [0.29, 0.717) is 0 Å². The van der Waals surface area contributed by atoms with E-state index in [1.165, 1.54) is 49.9 Å². The van der Waals surface area contributed by atoms with Gasteiger partial charge in [-0.25, -0.2) is 9.97 Å². The van der Waals surface area contributed by atoms with Gasteiger partial charge in [0, 0.05) is 23.2 Å². The van der Waals surface area contributed by atoms with Gasteiger partial charge in [-0.15, -0.1) is 0 Å². The van der Waals surface area contributed by atoms with Gasteiger partial charge in [0.05, 0.1) is 16.6 Å². The van der Waals surface area contributed by atoms with E-state index >= 15 is 0 Å². The smallest absolute Gasteiger partial charge is 0.178 e. The molecule has 0 radical (unpaired) electrons. The zero-order chi connectivity index (χ0) is 22.7. The van der Waals surface area contributed by atoms with Crippen molar-refractivity contribution in [1.82, 2.24) is 19.4 Å². The normalized spacial score (nSPS) is 13.5. The molecular weight excluding hydrogens is 428 g/mol. The summed E-state index contributed by atoms with van der Waals surface area (Å²) >= 11 is 0. The highest BCUT2D eigenvalue weighted by atomic mass is 15.1. The molecule has 2 aliphatic rings. The third kappa shape index (κ3) is 2.11. The van der Waals surface area contributed by atoms with Crippen LogP contribution in [0.25, 0.3) is 60.9 Å². The Hall–Kier alpha value is -4.57. The van der Waals surface area contributed by atoms with Gasteiger partial charge in [-0.05, 0) is 87.7 Å². The number of nitrogens with zero attached hydrogens (tertiary/aromatic N) is 4. The van der Waals surface area contributed by atoms with Gasteiger partial charge in [-0.3, -0.25) is 9.38 Å². The zero-order valence-electron chi connectivity index (χ0n) is 18.8.